The van der Waals surface area contributed by atoms with E-state index in [0.717, 1.165) is 61.9 Å². The number of benzene rings is 3. The molecule has 0 bridgehead atoms. The second-order valence-electron chi connectivity index (χ2n) is 9.93. The maximum atomic E-state index is 12.7. The van der Waals surface area contributed by atoms with E-state index < -0.39 is 0 Å². The smallest absolute Gasteiger partial charge is 0.271 e. The van der Waals surface area contributed by atoms with Gasteiger partial charge in [0.15, 0.2) is 0 Å². The number of aromatic nitrogens is 1. The molecular formula is C32H35N5O. The molecule has 1 aromatic heterocycles. The Kier molecular flexibility index (Phi) is 8.12. The van der Waals surface area contributed by atoms with Crippen LogP contribution in [-0.4, -0.2) is 52.7 Å². The number of aryl methyl sites for hydroxylation is 1. The summed E-state index contributed by atoms with van der Waals surface area (Å²) in [5, 5.41) is 4.23. The lowest BCUT2D eigenvalue weighted by atomic mass is 10.1. The highest BCUT2D eigenvalue weighted by Crippen LogP contribution is 2.19. The number of carbonyl (C=O) groups is 1. The predicted molar refractivity (Wildman–Crippen MR) is 154 cm³/mol. The first-order valence-corrected chi connectivity index (χ1v) is 13.2. The molecule has 0 spiro atoms. The van der Waals surface area contributed by atoms with Crippen molar-refractivity contribution >= 4 is 12.1 Å². The van der Waals surface area contributed by atoms with E-state index in [1.165, 1.54) is 11.1 Å². The summed E-state index contributed by atoms with van der Waals surface area (Å²) in [7, 11) is 0. The molecular weight excluding hydrogens is 470 g/mol. The van der Waals surface area contributed by atoms with E-state index in [1.807, 2.05) is 42.5 Å². The van der Waals surface area contributed by atoms with Crippen LogP contribution in [0.25, 0.3) is 5.69 Å². The average molecular weight is 506 g/mol. The molecule has 1 aliphatic heterocycles. The number of hydrogen-bond acceptors (Lipinski definition) is 4. The molecule has 38 heavy (non-hydrogen) atoms. The minimum Gasteiger partial charge on any atom is -0.318 e. The summed E-state index contributed by atoms with van der Waals surface area (Å²) in [6, 6.07) is 30.8. The van der Waals surface area contributed by atoms with Crippen LogP contribution >= 0.6 is 0 Å². The van der Waals surface area contributed by atoms with Crippen LogP contribution in [0.1, 0.15) is 38.4 Å². The summed E-state index contributed by atoms with van der Waals surface area (Å²) in [4.78, 5) is 17.6. The highest BCUT2D eigenvalue weighted by atomic mass is 16.2. The maximum Gasteiger partial charge on any atom is 0.271 e. The Hall–Kier alpha value is -4.00. The normalized spacial score (nSPS) is 14.7. The number of rotatable bonds is 8. The number of nitrogens with zero attached hydrogens (tertiary/aromatic N) is 4. The van der Waals surface area contributed by atoms with Crippen molar-refractivity contribution in [1.29, 1.82) is 0 Å². The highest BCUT2D eigenvalue weighted by molar-refractivity contribution is 5.95. The van der Waals surface area contributed by atoms with Gasteiger partial charge in [0, 0.05) is 67.5 Å². The van der Waals surface area contributed by atoms with E-state index in [4.69, 9.17) is 0 Å². The molecule has 1 aliphatic rings. The Morgan fingerprint density at radius 2 is 1.34 bits per heavy atom. The molecule has 1 N–H and O–H groups in total. The third-order valence-corrected chi connectivity index (χ3v) is 7.19. The Morgan fingerprint density at radius 3 is 1.95 bits per heavy atom. The third kappa shape index (κ3) is 6.28. The van der Waals surface area contributed by atoms with Gasteiger partial charge in [0.1, 0.15) is 0 Å². The maximum absolute atomic E-state index is 12.7. The van der Waals surface area contributed by atoms with Gasteiger partial charge < -0.3 is 4.57 Å². The Balaban J connectivity index is 1.11. The standard InChI is InChI=1S/C32H35N5O/c1-25-21-30(26(2)37(25)31-11-7-4-8-12-31)22-33-34-32(38)29-15-13-28(14-16-29)24-36-19-17-35(18-20-36)23-27-9-5-3-6-10-27/h3-16,21-22H,17-20,23-24H2,1-2H3,(H,34,38)/b33-22-. The van der Waals surface area contributed by atoms with Crippen LogP contribution < -0.4 is 5.43 Å². The second kappa shape index (κ2) is 12.0. The second-order valence-corrected chi connectivity index (χ2v) is 9.93. The van der Waals surface area contributed by atoms with Gasteiger partial charge in [-0.15, -0.1) is 0 Å². The average Bonchev–Trinajstić information content (AvgIpc) is 3.23. The fraction of sp³-hybridized carbons (Fsp3) is 0.250. The topological polar surface area (TPSA) is 52.9 Å². The first-order chi connectivity index (χ1) is 18.6. The summed E-state index contributed by atoms with van der Waals surface area (Å²) in [5.41, 5.74) is 10.2. The van der Waals surface area contributed by atoms with E-state index in [2.05, 4.69) is 87.3 Å². The zero-order chi connectivity index (χ0) is 26.3. The van der Waals surface area contributed by atoms with Crippen LogP contribution in [0.5, 0.6) is 0 Å². The van der Waals surface area contributed by atoms with E-state index in [-0.39, 0.29) is 5.91 Å². The molecule has 6 heteroatoms. The number of hydrazone groups is 1. The van der Waals surface area contributed by atoms with Crippen molar-refractivity contribution < 1.29 is 4.79 Å². The van der Waals surface area contributed by atoms with E-state index in [0.29, 0.717) is 5.56 Å². The van der Waals surface area contributed by atoms with Gasteiger partial charge in [0.2, 0.25) is 0 Å². The van der Waals surface area contributed by atoms with Crippen molar-refractivity contribution in [3.8, 4) is 5.69 Å². The number of amides is 1. The monoisotopic (exact) mass is 505 g/mol. The Labute approximate surface area is 225 Å². The lowest BCUT2D eigenvalue weighted by Crippen LogP contribution is -2.45. The van der Waals surface area contributed by atoms with Gasteiger partial charge in [0.25, 0.3) is 5.91 Å². The van der Waals surface area contributed by atoms with Gasteiger partial charge in [-0.2, -0.15) is 5.10 Å². The van der Waals surface area contributed by atoms with Crippen molar-refractivity contribution in [3.05, 3.63) is 125 Å². The quantitative estimate of drug-likeness (QED) is 0.265. The molecule has 0 unspecified atom stereocenters. The molecule has 1 amide bonds. The van der Waals surface area contributed by atoms with Crippen LogP contribution in [0.15, 0.2) is 96.1 Å². The van der Waals surface area contributed by atoms with Crippen LogP contribution in [0.3, 0.4) is 0 Å². The minimum absolute atomic E-state index is 0.209. The van der Waals surface area contributed by atoms with Gasteiger partial charge in [-0.25, -0.2) is 5.43 Å². The first kappa shape index (κ1) is 25.6. The molecule has 5 rings (SSSR count). The molecule has 2 heterocycles. The van der Waals surface area contributed by atoms with Crippen molar-refractivity contribution in [1.82, 2.24) is 19.8 Å². The van der Waals surface area contributed by atoms with E-state index >= 15 is 0 Å². The van der Waals surface area contributed by atoms with Crippen LogP contribution in [0, 0.1) is 13.8 Å². The minimum atomic E-state index is -0.209. The molecule has 6 nitrogen and oxygen atoms in total. The molecule has 1 fully saturated rings. The lowest BCUT2D eigenvalue weighted by Gasteiger charge is -2.34. The summed E-state index contributed by atoms with van der Waals surface area (Å²) >= 11 is 0. The van der Waals surface area contributed by atoms with Crippen LogP contribution in [0.2, 0.25) is 0 Å². The van der Waals surface area contributed by atoms with Gasteiger partial charge in [-0.3, -0.25) is 14.6 Å². The number of hydrogen-bond donors (Lipinski definition) is 1. The Bertz CT molecular complexity index is 1370. The summed E-state index contributed by atoms with van der Waals surface area (Å²) in [6.45, 7) is 10.3. The molecule has 194 valence electrons. The largest absolute Gasteiger partial charge is 0.318 e. The lowest BCUT2D eigenvalue weighted by molar-refractivity contribution is 0.0955. The first-order valence-electron chi connectivity index (χ1n) is 13.2. The Morgan fingerprint density at radius 1 is 0.789 bits per heavy atom. The van der Waals surface area contributed by atoms with Crippen LogP contribution in [0.4, 0.5) is 0 Å². The van der Waals surface area contributed by atoms with Gasteiger partial charge >= 0.3 is 0 Å². The number of nitrogens with one attached hydrogen (secondary N) is 1. The molecule has 1 saturated heterocycles. The zero-order valence-corrected chi connectivity index (χ0v) is 22.2. The van der Waals surface area contributed by atoms with Crippen molar-refractivity contribution in [2.75, 3.05) is 26.2 Å². The summed E-state index contributed by atoms with van der Waals surface area (Å²) in [6.07, 6.45) is 1.71. The number of carbonyl (C=O) groups excluding carboxylic acids is 1. The number of piperazine rings is 1. The third-order valence-electron chi connectivity index (χ3n) is 7.19. The van der Waals surface area contributed by atoms with Crippen molar-refractivity contribution in [2.24, 2.45) is 5.10 Å². The SMILES string of the molecule is Cc1cc(/C=N\NC(=O)c2ccc(CN3CCN(Cc4ccccc4)CC3)cc2)c(C)n1-c1ccccc1. The summed E-state index contributed by atoms with van der Waals surface area (Å²) in [5.74, 6) is -0.209. The number of para-hydroxylation sites is 1. The predicted octanol–water partition coefficient (Wildman–Crippen LogP) is 5.18. The van der Waals surface area contributed by atoms with Crippen molar-refractivity contribution in [3.63, 3.8) is 0 Å². The van der Waals surface area contributed by atoms with Gasteiger partial charge in [0.05, 0.1) is 6.21 Å². The molecule has 0 atom stereocenters. The molecule has 0 radical (unpaired) electrons. The molecule has 3 aromatic carbocycles. The highest BCUT2D eigenvalue weighted by Gasteiger charge is 2.17. The van der Waals surface area contributed by atoms with Crippen molar-refractivity contribution in [2.45, 2.75) is 26.9 Å². The van der Waals surface area contributed by atoms with Gasteiger partial charge in [-0.1, -0.05) is 60.7 Å². The fourth-order valence-electron chi connectivity index (χ4n) is 5.08. The van der Waals surface area contributed by atoms with Crippen LogP contribution in [-0.2, 0) is 13.1 Å². The summed E-state index contributed by atoms with van der Waals surface area (Å²) < 4.78 is 2.19. The molecule has 4 aromatic rings. The van der Waals surface area contributed by atoms with E-state index in [1.54, 1.807) is 6.21 Å². The fourth-order valence-corrected chi connectivity index (χ4v) is 5.08. The molecule has 0 aliphatic carbocycles. The van der Waals surface area contributed by atoms with E-state index in [9.17, 15) is 4.79 Å². The molecule has 0 saturated carbocycles. The zero-order valence-electron chi connectivity index (χ0n) is 22.2. The van der Waals surface area contributed by atoms with Gasteiger partial charge in [-0.05, 0) is 55.3 Å².